The van der Waals surface area contributed by atoms with Crippen molar-refractivity contribution in [3.05, 3.63) is 58.6 Å². The maximum absolute atomic E-state index is 12.3. The highest BCUT2D eigenvalue weighted by molar-refractivity contribution is 6.34. The van der Waals surface area contributed by atoms with E-state index in [1.54, 1.807) is 50.5 Å². The predicted octanol–water partition coefficient (Wildman–Crippen LogP) is 3.76. The number of hydrogen-bond donors (Lipinski definition) is 3. The molecule has 2 aromatic rings. The molecule has 0 saturated carbocycles. The fourth-order valence-corrected chi connectivity index (χ4v) is 3.17. The van der Waals surface area contributed by atoms with Gasteiger partial charge >= 0.3 is 6.03 Å². The number of amides is 4. The highest BCUT2D eigenvalue weighted by atomic mass is 35.5. The molecule has 0 aromatic heterocycles. The van der Waals surface area contributed by atoms with Gasteiger partial charge in [-0.25, -0.2) is 4.79 Å². The van der Waals surface area contributed by atoms with Crippen molar-refractivity contribution >= 4 is 40.8 Å². The Balaban J connectivity index is 1.92. The second-order valence-electron chi connectivity index (χ2n) is 7.33. The minimum atomic E-state index is -0.480. The number of halogens is 1. The minimum Gasteiger partial charge on any atom is -0.351 e. The maximum Gasteiger partial charge on any atom is 0.323 e. The van der Waals surface area contributed by atoms with E-state index in [2.05, 4.69) is 34.7 Å². The van der Waals surface area contributed by atoms with Crippen LogP contribution in [0.3, 0.4) is 0 Å². The van der Waals surface area contributed by atoms with Gasteiger partial charge in [0.1, 0.15) is 0 Å². The second-order valence-corrected chi connectivity index (χ2v) is 7.74. The maximum atomic E-state index is 12.3. The van der Waals surface area contributed by atoms with E-state index in [1.807, 2.05) is 0 Å². The number of urea groups is 1. The lowest BCUT2D eigenvalue weighted by Gasteiger charge is -2.18. The van der Waals surface area contributed by atoms with Crippen molar-refractivity contribution in [3.8, 4) is 0 Å². The molecule has 4 amide bonds. The fourth-order valence-electron chi connectivity index (χ4n) is 2.98. The molecule has 0 saturated heterocycles. The summed E-state index contributed by atoms with van der Waals surface area (Å²) in [6, 6.07) is 10.8. The fraction of sp³-hybridized carbons (Fsp3) is 0.348. The van der Waals surface area contributed by atoms with E-state index in [0.29, 0.717) is 34.1 Å². The van der Waals surface area contributed by atoms with Gasteiger partial charge in [-0.05, 0) is 55.6 Å². The Hall–Kier alpha value is -3.10. The highest BCUT2D eigenvalue weighted by Gasteiger charge is 2.14. The van der Waals surface area contributed by atoms with Crippen LogP contribution in [0, 0.1) is 0 Å². The van der Waals surface area contributed by atoms with Gasteiger partial charge in [-0.3, -0.25) is 9.59 Å². The summed E-state index contributed by atoms with van der Waals surface area (Å²) in [5, 5.41) is 8.58. The predicted molar refractivity (Wildman–Crippen MR) is 129 cm³/mol. The van der Waals surface area contributed by atoms with Crippen LogP contribution in [0.1, 0.15) is 34.6 Å². The third-order valence-electron chi connectivity index (χ3n) is 4.87. The Morgan fingerprint density at radius 2 is 1.50 bits per heavy atom. The largest absolute Gasteiger partial charge is 0.351 e. The van der Waals surface area contributed by atoms with Gasteiger partial charge in [-0.2, -0.15) is 0 Å². The number of likely N-dealkylation sites (N-methyl/N-ethyl adjacent to an activating group) is 1. The lowest BCUT2D eigenvalue weighted by molar-refractivity contribution is 0.0827. The number of nitrogens with zero attached hydrogens (tertiary/aromatic N) is 2. The average Bonchev–Trinajstić information content (AvgIpc) is 2.77. The number of anilines is 2. The van der Waals surface area contributed by atoms with Gasteiger partial charge in [0.05, 0.1) is 10.6 Å². The van der Waals surface area contributed by atoms with E-state index in [9.17, 15) is 14.4 Å². The van der Waals surface area contributed by atoms with Crippen LogP contribution in [0.25, 0.3) is 0 Å². The Labute approximate surface area is 193 Å². The van der Waals surface area contributed by atoms with E-state index < -0.39 is 6.03 Å². The molecule has 0 aliphatic heterocycles. The molecule has 0 fully saturated rings. The molecule has 0 radical (unpaired) electrons. The Kier molecular flexibility index (Phi) is 9.49. The summed E-state index contributed by atoms with van der Waals surface area (Å²) in [5.74, 6) is -0.419. The molecule has 3 N–H and O–H groups in total. The third kappa shape index (κ3) is 7.25. The lowest BCUT2D eigenvalue weighted by Crippen LogP contribution is -2.34. The first-order valence-electron chi connectivity index (χ1n) is 10.4. The molecule has 0 unspecified atom stereocenters. The summed E-state index contributed by atoms with van der Waals surface area (Å²) in [4.78, 5) is 40.4. The molecule has 32 heavy (non-hydrogen) atoms. The first-order valence-corrected chi connectivity index (χ1v) is 10.8. The minimum absolute atomic E-state index is 0.160. The summed E-state index contributed by atoms with van der Waals surface area (Å²) < 4.78 is 0. The zero-order valence-corrected chi connectivity index (χ0v) is 19.6. The van der Waals surface area contributed by atoms with Crippen LogP contribution in [0.5, 0.6) is 0 Å². The number of carbonyl (C=O) groups excluding carboxylic acids is 3. The zero-order valence-electron chi connectivity index (χ0n) is 18.9. The summed E-state index contributed by atoms with van der Waals surface area (Å²) >= 11 is 6.09. The number of rotatable bonds is 9. The van der Waals surface area contributed by atoms with Crippen molar-refractivity contribution in [2.24, 2.45) is 0 Å². The molecule has 2 aromatic carbocycles. The molecule has 0 aliphatic rings. The number of hydrogen-bond acceptors (Lipinski definition) is 4. The molecule has 2 rings (SSSR count). The normalized spacial score (nSPS) is 10.6. The van der Waals surface area contributed by atoms with Crippen molar-refractivity contribution in [2.45, 2.75) is 13.8 Å². The molecule has 0 bridgehead atoms. The van der Waals surface area contributed by atoms with Gasteiger partial charge < -0.3 is 25.8 Å². The Morgan fingerprint density at radius 1 is 0.906 bits per heavy atom. The van der Waals surface area contributed by atoms with E-state index in [1.165, 1.54) is 11.0 Å². The third-order valence-corrected chi connectivity index (χ3v) is 5.20. The smallest absolute Gasteiger partial charge is 0.323 e. The van der Waals surface area contributed by atoms with Crippen molar-refractivity contribution in [1.82, 2.24) is 15.1 Å². The molecular weight excluding hydrogens is 430 g/mol. The van der Waals surface area contributed by atoms with Crippen molar-refractivity contribution in [2.75, 3.05) is 50.9 Å². The van der Waals surface area contributed by atoms with Crippen molar-refractivity contribution in [3.63, 3.8) is 0 Å². The molecule has 0 heterocycles. The Morgan fingerprint density at radius 3 is 2.09 bits per heavy atom. The van der Waals surface area contributed by atoms with Gasteiger partial charge in [0.2, 0.25) is 0 Å². The first-order chi connectivity index (χ1) is 15.2. The second kappa shape index (κ2) is 12.1. The molecule has 8 nitrogen and oxygen atoms in total. The zero-order chi connectivity index (χ0) is 23.7. The van der Waals surface area contributed by atoms with E-state index in [0.717, 1.165) is 19.6 Å². The van der Waals surface area contributed by atoms with E-state index in [4.69, 9.17) is 11.6 Å². The molecule has 9 heteroatoms. The number of nitrogens with one attached hydrogen (secondary N) is 3. The molecule has 0 atom stereocenters. The van der Waals surface area contributed by atoms with Crippen LogP contribution in [0.4, 0.5) is 16.2 Å². The van der Waals surface area contributed by atoms with Gasteiger partial charge in [0, 0.05) is 44.1 Å². The first kappa shape index (κ1) is 25.2. The van der Waals surface area contributed by atoms with Crippen molar-refractivity contribution < 1.29 is 14.4 Å². The summed E-state index contributed by atoms with van der Waals surface area (Å²) in [6.07, 6.45) is 0. The van der Waals surface area contributed by atoms with Crippen LogP contribution in [-0.2, 0) is 0 Å². The SMILES string of the molecule is CCN(CC)CCNC(=O)c1ccc(NC(=O)Nc2ccc(Cl)c(C(=O)N(C)C)c2)cc1. The molecule has 0 spiro atoms. The summed E-state index contributed by atoms with van der Waals surface area (Å²) in [6.45, 7) is 7.42. The number of benzene rings is 2. The topological polar surface area (TPSA) is 93.8 Å². The van der Waals surface area contributed by atoms with E-state index >= 15 is 0 Å². The van der Waals surface area contributed by atoms with Crippen LogP contribution >= 0.6 is 11.6 Å². The monoisotopic (exact) mass is 459 g/mol. The van der Waals surface area contributed by atoms with Crippen LogP contribution < -0.4 is 16.0 Å². The quantitative estimate of drug-likeness (QED) is 0.532. The van der Waals surface area contributed by atoms with Crippen LogP contribution in [-0.4, -0.2) is 67.9 Å². The summed E-state index contributed by atoms with van der Waals surface area (Å²) in [7, 11) is 3.25. The van der Waals surface area contributed by atoms with Crippen LogP contribution in [0.15, 0.2) is 42.5 Å². The number of carbonyl (C=O) groups is 3. The molecular formula is C23H30ClN5O3. The Bertz CT molecular complexity index is 943. The van der Waals surface area contributed by atoms with Crippen LogP contribution in [0.2, 0.25) is 5.02 Å². The van der Waals surface area contributed by atoms with Gasteiger partial charge in [0.25, 0.3) is 11.8 Å². The highest BCUT2D eigenvalue weighted by Crippen LogP contribution is 2.22. The lowest BCUT2D eigenvalue weighted by atomic mass is 10.1. The van der Waals surface area contributed by atoms with E-state index in [-0.39, 0.29) is 11.8 Å². The standard InChI is InChI=1S/C23H30ClN5O3/c1-5-29(6-2)14-13-25-21(30)16-7-9-17(10-8-16)26-23(32)27-18-11-12-20(24)19(15-18)22(31)28(3)4/h7-12,15H,5-6,13-14H2,1-4H3,(H,25,30)(H2,26,27,32). The van der Waals surface area contributed by atoms with Gasteiger partial charge in [0.15, 0.2) is 0 Å². The summed E-state index contributed by atoms with van der Waals surface area (Å²) in [5.41, 5.74) is 1.77. The van der Waals surface area contributed by atoms with Gasteiger partial charge in [-0.15, -0.1) is 0 Å². The molecule has 172 valence electrons. The molecule has 0 aliphatic carbocycles. The van der Waals surface area contributed by atoms with Gasteiger partial charge in [-0.1, -0.05) is 25.4 Å². The van der Waals surface area contributed by atoms with Crippen molar-refractivity contribution in [1.29, 1.82) is 0 Å². The average molecular weight is 460 g/mol.